The normalized spacial score (nSPS) is 16.8. The summed E-state index contributed by atoms with van der Waals surface area (Å²) in [6, 6.07) is 25.8. The Morgan fingerprint density at radius 3 is 2.56 bits per heavy atom. The van der Waals surface area contributed by atoms with Gasteiger partial charge in [-0.15, -0.1) is 0 Å². The number of aryl methyl sites for hydroxylation is 1. The van der Waals surface area contributed by atoms with Crippen LogP contribution in [0.3, 0.4) is 0 Å². The highest BCUT2D eigenvalue weighted by molar-refractivity contribution is 5.81. The average molecular weight is 456 g/mol. The second-order valence-corrected chi connectivity index (χ2v) is 9.01. The lowest BCUT2D eigenvalue weighted by Crippen LogP contribution is -2.26. The van der Waals surface area contributed by atoms with Crippen molar-refractivity contribution in [1.82, 2.24) is 14.5 Å². The van der Waals surface area contributed by atoms with Crippen molar-refractivity contribution in [2.45, 2.75) is 38.5 Å². The van der Waals surface area contributed by atoms with Gasteiger partial charge in [-0.1, -0.05) is 60.2 Å². The smallest absolute Gasteiger partial charge is 0.223 e. The number of likely N-dealkylation sites (tertiary alicyclic amines) is 1. The van der Waals surface area contributed by atoms with Crippen molar-refractivity contribution in [3.63, 3.8) is 0 Å². The molecular weight excluding hydrogens is 426 g/mol. The van der Waals surface area contributed by atoms with Gasteiger partial charge in [-0.3, -0.25) is 4.79 Å². The Kier molecular flexibility index (Phi) is 6.32. The first-order chi connectivity index (χ1) is 16.6. The number of aromatic nitrogens is 2. The van der Waals surface area contributed by atoms with E-state index in [4.69, 9.17) is 9.72 Å². The van der Waals surface area contributed by atoms with E-state index >= 15 is 0 Å². The van der Waals surface area contributed by atoms with E-state index in [1.807, 2.05) is 90.7 Å². The molecule has 0 aliphatic carbocycles. The fraction of sp³-hybridized carbons (Fsp3) is 0.286. The Bertz CT molecular complexity index is 1270. The SMILES string of the molecule is Cc1ccc(OC[C@H](O)Cn2c([C@H]3CC(=O)N(Cc4ccccc4)C3)nc3ccccc32)cc1. The highest BCUT2D eigenvalue weighted by atomic mass is 16.5. The minimum Gasteiger partial charge on any atom is -0.491 e. The van der Waals surface area contributed by atoms with Gasteiger partial charge in [-0.2, -0.15) is 0 Å². The predicted octanol–water partition coefficient (Wildman–Crippen LogP) is 4.30. The van der Waals surface area contributed by atoms with Gasteiger partial charge in [0, 0.05) is 25.4 Å². The van der Waals surface area contributed by atoms with Crippen LogP contribution in [0.2, 0.25) is 0 Å². The number of benzene rings is 3. The van der Waals surface area contributed by atoms with Crippen molar-refractivity contribution >= 4 is 16.9 Å². The number of carbonyl (C=O) groups is 1. The third-order valence-corrected chi connectivity index (χ3v) is 6.34. The first-order valence-electron chi connectivity index (χ1n) is 11.7. The molecule has 0 unspecified atom stereocenters. The molecule has 1 aliphatic heterocycles. The van der Waals surface area contributed by atoms with Crippen LogP contribution in [-0.4, -0.2) is 44.7 Å². The number of amides is 1. The number of aliphatic hydroxyl groups excluding tert-OH is 1. The molecule has 0 spiro atoms. The molecule has 174 valence electrons. The molecule has 6 heteroatoms. The summed E-state index contributed by atoms with van der Waals surface area (Å²) < 4.78 is 7.86. The minimum absolute atomic E-state index is 0.0196. The van der Waals surface area contributed by atoms with Gasteiger partial charge in [-0.05, 0) is 36.8 Å². The molecule has 1 amide bonds. The molecule has 1 aliphatic rings. The number of fused-ring (bicyclic) bond motifs is 1. The number of carbonyl (C=O) groups excluding carboxylic acids is 1. The van der Waals surface area contributed by atoms with Gasteiger partial charge in [0.25, 0.3) is 0 Å². The van der Waals surface area contributed by atoms with Crippen molar-refractivity contribution in [3.8, 4) is 5.75 Å². The van der Waals surface area contributed by atoms with E-state index in [0.717, 1.165) is 33.7 Å². The Morgan fingerprint density at radius 1 is 1.03 bits per heavy atom. The van der Waals surface area contributed by atoms with Crippen LogP contribution in [0.25, 0.3) is 11.0 Å². The summed E-state index contributed by atoms with van der Waals surface area (Å²) in [6.07, 6.45) is -0.290. The summed E-state index contributed by atoms with van der Waals surface area (Å²) in [5, 5.41) is 10.8. The monoisotopic (exact) mass is 455 g/mol. The average Bonchev–Trinajstić information content (AvgIpc) is 3.39. The van der Waals surface area contributed by atoms with Crippen LogP contribution in [0.1, 0.15) is 29.3 Å². The molecule has 34 heavy (non-hydrogen) atoms. The maximum absolute atomic E-state index is 12.8. The summed E-state index contributed by atoms with van der Waals surface area (Å²) in [6.45, 7) is 3.78. The van der Waals surface area contributed by atoms with Crippen LogP contribution in [0.5, 0.6) is 5.75 Å². The van der Waals surface area contributed by atoms with Gasteiger partial charge >= 0.3 is 0 Å². The van der Waals surface area contributed by atoms with Crippen LogP contribution >= 0.6 is 0 Å². The van der Waals surface area contributed by atoms with Gasteiger partial charge in [0.15, 0.2) is 0 Å². The molecule has 2 heterocycles. The van der Waals surface area contributed by atoms with Gasteiger partial charge in [0.05, 0.1) is 17.6 Å². The first kappa shape index (κ1) is 22.2. The molecule has 0 radical (unpaired) electrons. The van der Waals surface area contributed by atoms with Crippen molar-refractivity contribution < 1.29 is 14.6 Å². The summed E-state index contributed by atoms with van der Waals surface area (Å²) in [5.41, 5.74) is 4.11. The van der Waals surface area contributed by atoms with Gasteiger partial charge < -0.3 is 19.3 Å². The van der Waals surface area contributed by atoms with E-state index in [1.165, 1.54) is 0 Å². The molecule has 6 nitrogen and oxygen atoms in total. The third-order valence-electron chi connectivity index (χ3n) is 6.34. The molecular formula is C28H29N3O3. The van der Waals surface area contributed by atoms with E-state index in [9.17, 15) is 9.90 Å². The number of ether oxygens (including phenoxy) is 1. The number of para-hydroxylation sites is 2. The van der Waals surface area contributed by atoms with Crippen LogP contribution in [0.4, 0.5) is 0 Å². The minimum atomic E-state index is -0.713. The standard InChI is InChI=1S/C28H29N3O3/c1-20-11-13-24(14-12-20)34-19-23(32)18-31-26-10-6-5-9-25(26)29-28(31)22-15-27(33)30(17-22)16-21-7-3-2-4-8-21/h2-14,22-23,32H,15-19H2,1H3/t22-,23+/m0/s1. The Morgan fingerprint density at radius 2 is 1.76 bits per heavy atom. The zero-order valence-electron chi connectivity index (χ0n) is 19.3. The second kappa shape index (κ2) is 9.69. The lowest BCUT2D eigenvalue weighted by Gasteiger charge is -2.19. The van der Waals surface area contributed by atoms with Crippen LogP contribution in [0, 0.1) is 6.92 Å². The number of hydrogen-bond donors (Lipinski definition) is 1. The summed E-state index contributed by atoms with van der Waals surface area (Å²) in [4.78, 5) is 19.6. The van der Waals surface area contributed by atoms with Crippen molar-refractivity contribution in [1.29, 1.82) is 0 Å². The maximum atomic E-state index is 12.8. The molecule has 1 aromatic heterocycles. The molecule has 4 aromatic rings. The Hall–Kier alpha value is -3.64. The molecule has 2 atom stereocenters. The van der Waals surface area contributed by atoms with Crippen LogP contribution < -0.4 is 4.74 Å². The molecule has 5 rings (SSSR count). The zero-order chi connectivity index (χ0) is 23.5. The van der Waals surface area contributed by atoms with Crippen molar-refractivity contribution in [2.75, 3.05) is 13.2 Å². The largest absolute Gasteiger partial charge is 0.491 e. The van der Waals surface area contributed by atoms with E-state index in [-0.39, 0.29) is 18.4 Å². The highest BCUT2D eigenvalue weighted by Crippen LogP contribution is 2.31. The molecule has 3 aromatic carbocycles. The lowest BCUT2D eigenvalue weighted by atomic mass is 10.1. The molecule has 1 saturated heterocycles. The van der Waals surface area contributed by atoms with Crippen molar-refractivity contribution in [3.05, 3.63) is 95.8 Å². The second-order valence-electron chi connectivity index (χ2n) is 9.01. The molecule has 1 fully saturated rings. The number of imidazole rings is 1. The van der Waals surface area contributed by atoms with Gasteiger partial charge in [-0.25, -0.2) is 4.98 Å². The lowest BCUT2D eigenvalue weighted by molar-refractivity contribution is -0.128. The van der Waals surface area contributed by atoms with E-state index in [2.05, 4.69) is 4.57 Å². The Labute approximate surface area is 199 Å². The fourth-order valence-electron chi connectivity index (χ4n) is 4.59. The number of rotatable bonds is 8. The fourth-order valence-corrected chi connectivity index (χ4v) is 4.59. The number of hydrogen-bond acceptors (Lipinski definition) is 4. The highest BCUT2D eigenvalue weighted by Gasteiger charge is 2.34. The summed E-state index contributed by atoms with van der Waals surface area (Å²) in [7, 11) is 0. The van der Waals surface area contributed by atoms with Crippen LogP contribution in [0.15, 0.2) is 78.9 Å². The molecule has 1 N–H and O–H groups in total. The number of nitrogens with zero attached hydrogens (tertiary/aromatic N) is 3. The third kappa shape index (κ3) is 4.82. The summed E-state index contributed by atoms with van der Waals surface area (Å²) in [5.74, 6) is 1.70. The Balaban J connectivity index is 1.33. The summed E-state index contributed by atoms with van der Waals surface area (Å²) >= 11 is 0. The topological polar surface area (TPSA) is 67.6 Å². The van der Waals surface area contributed by atoms with E-state index in [1.54, 1.807) is 0 Å². The predicted molar refractivity (Wildman–Crippen MR) is 132 cm³/mol. The first-order valence-corrected chi connectivity index (χ1v) is 11.7. The van der Waals surface area contributed by atoms with Gasteiger partial charge in [0.1, 0.15) is 24.3 Å². The van der Waals surface area contributed by atoms with Crippen LogP contribution in [-0.2, 0) is 17.9 Å². The van der Waals surface area contributed by atoms with Crippen molar-refractivity contribution in [2.24, 2.45) is 0 Å². The maximum Gasteiger partial charge on any atom is 0.223 e. The quantitative estimate of drug-likeness (QED) is 0.430. The van der Waals surface area contributed by atoms with Gasteiger partial charge in [0.2, 0.25) is 5.91 Å². The number of aliphatic hydroxyl groups is 1. The molecule has 0 bridgehead atoms. The molecule has 0 saturated carbocycles. The van der Waals surface area contributed by atoms with E-state index < -0.39 is 6.10 Å². The zero-order valence-corrected chi connectivity index (χ0v) is 19.3. The van der Waals surface area contributed by atoms with E-state index in [0.29, 0.717) is 26.1 Å².